The Labute approximate surface area is 77.8 Å². The monoisotopic (exact) mass is 173 g/mol. The van der Waals surface area contributed by atoms with E-state index < -0.39 is 31.6 Å². The fraction of sp³-hybridized carbons (Fsp3) is 0.250. The van der Waals surface area contributed by atoms with E-state index >= 15 is 0 Å². The highest BCUT2D eigenvalue weighted by Crippen LogP contribution is 2.02. The van der Waals surface area contributed by atoms with Gasteiger partial charge in [-0.3, -0.25) is 0 Å². The van der Waals surface area contributed by atoms with Gasteiger partial charge in [0.1, 0.15) is 5.82 Å². The lowest BCUT2D eigenvalue weighted by atomic mass is 9.79. The van der Waals surface area contributed by atoms with Crippen molar-refractivity contribution >= 4 is 12.6 Å². The van der Waals surface area contributed by atoms with Gasteiger partial charge >= 0.3 is 7.12 Å². The van der Waals surface area contributed by atoms with Gasteiger partial charge in [0, 0.05) is 12.3 Å². The van der Waals surface area contributed by atoms with Crippen LogP contribution in [0.25, 0.3) is 0 Å². The molecule has 1 rings (SSSR count). The second-order valence-electron chi connectivity index (χ2n) is 2.23. The molecule has 4 heteroatoms. The van der Waals surface area contributed by atoms with Crippen molar-refractivity contribution < 1.29 is 21.3 Å². The van der Waals surface area contributed by atoms with Crippen LogP contribution < -0.4 is 5.46 Å². The Bertz CT molecular complexity index is 421. The summed E-state index contributed by atoms with van der Waals surface area (Å²) in [6, 6.07) is 2.62. The predicted octanol–water partition coefficient (Wildman–Crippen LogP) is 0.0679. The van der Waals surface area contributed by atoms with Gasteiger partial charge in [-0.2, -0.15) is 0 Å². The first-order valence-corrected chi connectivity index (χ1v) is 3.23. The highest BCUT2D eigenvalue weighted by atomic mass is 19.1. The Morgan fingerprint density at radius 1 is 1.67 bits per heavy atom. The fourth-order valence-corrected chi connectivity index (χ4v) is 0.814. The second-order valence-corrected chi connectivity index (χ2v) is 2.23. The molecule has 1 aromatic carbocycles. The van der Waals surface area contributed by atoms with Crippen molar-refractivity contribution in [1.82, 2.24) is 0 Å². The van der Waals surface area contributed by atoms with Crippen molar-refractivity contribution in [1.29, 1.82) is 0 Å². The molecule has 1 aromatic rings. The first kappa shape index (κ1) is 4.39. The van der Waals surface area contributed by atoms with E-state index in [9.17, 15) is 4.39 Å². The van der Waals surface area contributed by atoms with Crippen LogP contribution >= 0.6 is 0 Å². The van der Waals surface area contributed by atoms with E-state index in [1.807, 2.05) is 0 Å². The summed E-state index contributed by atoms with van der Waals surface area (Å²) in [5, 5.41) is 17.5. The summed E-state index contributed by atoms with van der Waals surface area (Å²) in [6.45, 7) is -2.93. The van der Waals surface area contributed by atoms with Crippen molar-refractivity contribution in [2.24, 2.45) is 0 Å². The van der Waals surface area contributed by atoms with Crippen LogP contribution in [0, 0.1) is 5.82 Å². The van der Waals surface area contributed by atoms with E-state index in [-0.39, 0.29) is 5.56 Å². The zero-order chi connectivity index (χ0) is 13.4. The Morgan fingerprint density at radius 2 is 2.42 bits per heavy atom. The van der Waals surface area contributed by atoms with Gasteiger partial charge in [0.25, 0.3) is 0 Å². The van der Waals surface area contributed by atoms with Crippen molar-refractivity contribution in [2.75, 3.05) is 0 Å². The van der Waals surface area contributed by atoms with E-state index in [1.165, 1.54) is 0 Å². The minimum atomic E-state index is -2.93. The summed E-state index contributed by atoms with van der Waals surface area (Å²) in [5.74, 6) is -1.06. The number of benzene rings is 1. The van der Waals surface area contributed by atoms with Crippen molar-refractivity contribution in [2.45, 2.75) is 13.2 Å². The van der Waals surface area contributed by atoms with Gasteiger partial charge in [-0.25, -0.2) is 4.39 Å². The molecule has 0 aliphatic carbocycles. The van der Waals surface area contributed by atoms with Crippen molar-refractivity contribution in [3.63, 3.8) is 0 Å². The van der Waals surface area contributed by atoms with Gasteiger partial charge < -0.3 is 10.0 Å². The van der Waals surface area contributed by atoms with E-state index in [0.29, 0.717) is 6.07 Å². The number of aryl methyl sites for hydroxylation is 1. The van der Waals surface area contributed by atoms with Gasteiger partial charge in [-0.1, -0.05) is 19.0 Å². The Balaban J connectivity index is 3.23. The zero-order valence-corrected chi connectivity index (χ0v) is 6.08. The molecular weight excluding hydrogens is 158 g/mol. The lowest BCUT2D eigenvalue weighted by Gasteiger charge is -2.02. The van der Waals surface area contributed by atoms with Gasteiger partial charge in [-0.05, 0) is 18.0 Å². The van der Waals surface area contributed by atoms with E-state index in [2.05, 4.69) is 0 Å². The van der Waals surface area contributed by atoms with E-state index in [0.717, 1.165) is 12.1 Å². The molecule has 0 atom stereocenters. The average molecular weight is 173 g/mol. The van der Waals surface area contributed by atoms with Crippen molar-refractivity contribution in [3.8, 4) is 0 Å². The molecule has 64 valence electrons. The van der Waals surface area contributed by atoms with Crippen LogP contribution in [0.15, 0.2) is 18.2 Å². The zero-order valence-electron chi connectivity index (χ0n) is 11.1. The third-order valence-electron chi connectivity index (χ3n) is 1.42. The smallest absolute Gasteiger partial charge is 0.423 e. The quantitative estimate of drug-likeness (QED) is 0.621. The molecule has 0 radical (unpaired) electrons. The van der Waals surface area contributed by atoms with Crippen LogP contribution in [0.3, 0.4) is 0 Å². The van der Waals surface area contributed by atoms with E-state index in [1.54, 1.807) is 0 Å². The molecule has 0 amide bonds. The molecule has 0 saturated heterocycles. The number of halogens is 1. The molecule has 2 N–H and O–H groups in total. The summed E-state index contributed by atoms with van der Waals surface area (Å²) >= 11 is 0. The molecule has 0 saturated carbocycles. The number of hydrogen-bond donors (Lipinski definition) is 2. The standard InChI is InChI=1S/C8H10BFO2/c1-2-6-3-4-7(9(11)12)8(10)5-6/h3-5,11-12H,2H2,1H3/i1D3,2D2. The fourth-order valence-electron chi connectivity index (χ4n) is 0.814. The number of hydrogen-bond acceptors (Lipinski definition) is 2. The van der Waals surface area contributed by atoms with Gasteiger partial charge in [0.15, 0.2) is 0 Å². The molecule has 0 aliphatic heterocycles. The predicted molar refractivity (Wildman–Crippen MR) is 45.6 cm³/mol. The normalized spacial score (nSPS) is 18.4. The summed E-state index contributed by atoms with van der Waals surface area (Å²) in [6.07, 6.45) is -2.70. The largest absolute Gasteiger partial charge is 0.491 e. The molecule has 0 aromatic heterocycles. The average Bonchev–Trinajstić information content (AvgIpc) is 2.14. The summed E-state index contributed by atoms with van der Waals surface area (Å²) in [5.41, 5.74) is -0.811. The molecular formula is C8H10BFO2. The molecule has 0 aliphatic rings. The maximum Gasteiger partial charge on any atom is 0.491 e. The molecule has 0 fully saturated rings. The Kier molecular flexibility index (Phi) is 1.35. The van der Waals surface area contributed by atoms with Crippen LogP contribution in [0.5, 0.6) is 0 Å². The minimum absolute atomic E-state index is 0.376. The first-order chi connectivity index (χ1) is 7.57. The molecule has 2 nitrogen and oxygen atoms in total. The van der Waals surface area contributed by atoms with Crippen LogP contribution in [0.2, 0.25) is 0 Å². The topological polar surface area (TPSA) is 40.5 Å². The Hall–Kier alpha value is -0.865. The summed E-state index contributed by atoms with van der Waals surface area (Å²) < 4.78 is 49.2. The highest BCUT2D eigenvalue weighted by Gasteiger charge is 2.15. The van der Waals surface area contributed by atoms with Crippen molar-refractivity contribution in [3.05, 3.63) is 29.6 Å². The minimum Gasteiger partial charge on any atom is -0.423 e. The summed E-state index contributed by atoms with van der Waals surface area (Å²) in [7, 11) is -2.03. The maximum absolute atomic E-state index is 13.3. The molecule has 0 spiro atoms. The second kappa shape index (κ2) is 3.69. The lowest BCUT2D eigenvalue weighted by molar-refractivity contribution is 0.423. The third-order valence-corrected chi connectivity index (χ3v) is 1.42. The van der Waals surface area contributed by atoms with Gasteiger partial charge in [-0.15, -0.1) is 0 Å². The molecule has 0 bridgehead atoms. The SMILES string of the molecule is [2H]C([2H])([2H])C([2H])([2H])c1ccc(B(O)O)c(F)c1. The molecule has 12 heavy (non-hydrogen) atoms. The van der Waals surface area contributed by atoms with E-state index in [4.69, 9.17) is 16.9 Å². The highest BCUT2D eigenvalue weighted by molar-refractivity contribution is 6.58. The van der Waals surface area contributed by atoms with Gasteiger partial charge in [0.05, 0.1) is 0 Å². The first-order valence-electron chi connectivity index (χ1n) is 5.73. The van der Waals surface area contributed by atoms with Crippen LogP contribution in [0.4, 0.5) is 4.39 Å². The lowest BCUT2D eigenvalue weighted by Crippen LogP contribution is -2.32. The van der Waals surface area contributed by atoms with Crippen LogP contribution in [0.1, 0.15) is 19.3 Å². The number of rotatable bonds is 2. The van der Waals surface area contributed by atoms with Gasteiger partial charge in [0.2, 0.25) is 0 Å². The third kappa shape index (κ3) is 1.84. The summed E-state index contributed by atoms with van der Waals surface area (Å²) in [4.78, 5) is 0. The Morgan fingerprint density at radius 3 is 2.92 bits per heavy atom. The molecule has 0 heterocycles. The van der Waals surface area contributed by atoms with Crippen LogP contribution in [-0.4, -0.2) is 17.2 Å². The van der Waals surface area contributed by atoms with Crippen LogP contribution in [-0.2, 0) is 6.37 Å². The maximum atomic E-state index is 13.3. The molecule has 0 unspecified atom stereocenters.